The van der Waals surface area contributed by atoms with Gasteiger partial charge in [-0.2, -0.15) is 0 Å². The summed E-state index contributed by atoms with van der Waals surface area (Å²) in [6, 6.07) is 22.7. The second-order valence-corrected chi connectivity index (χ2v) is 6.22. The SMILES string of the molecule is CC(=O)ON(C(=O)c1ccccc1)c1ccc2c(c1)Cc1ccccc1-2. The second-order valence-electron chi connectivity index (χ2n) is 6.22. The van der Waals surface area contributed by atoms with Gasteiger partial charge >= 0.3 is 5.97 Å². The van der Waals surface area contributed by atoms with Crippen LogP contribution in [0, 0.1) is 0 Å². The largest absolute Gasteiger partial charge is 0.333 e. The quantitative estimate of drug-likeness (QED) is 0.507. The molecule has 4 nitrogen and oxygen atoms in total. The molecule has 0 unspecified atom stereocenters. The molecule has 0 heterocycles. The van der Waals surface area contributed by atoms with Crippen LogP contribution in [0.3, 0.4) is 0 Å². The summed E-state index contributed by atoms with van der Waals surface area (Å²) in [6.07, 6.45) is 0.798. The molecule has 3 aromatic rings. The number of hydroxylamine groups is 1. The molecule has 0 radical (unpaired) electrons. The first-order valence-electron chi connectivity index (χ1n) is 8.43. The maximum absolute atomic E-state index is 12.8. The van der Waals surface area contributed by atoms with Gasteiger partial charge in [-0.1, -0.05) is 48.5 Å². The fraction of sp³-hybridized carbons (Fsp3) is 0.0909. The minimum absolute atomic E-state index is 0.378. The fourth-order valence-corrected chi connectivity index (χ4v) is 3.30. The number of fused-ring (bicyclic) bond motifs is 3. The molecular formula is C22H17NO3. The zero-order chi connectivity index (χ0) is 18.1. The van der Waals surface area contributed by atoms with Crippen molar-refractivity contribution >= 4 is 17.6 Å². The Morgan fingerprint density at radius 1 is 0.846 bits per heavy atom. The van der Waals surface area contributed by atoms with Gasteiger partial charge in [-0.25, -0.2) is 4.79 Å². The molecule has 0 aliphatic heterocycles. The third-order valence-electron chi connectivity index (χ3n) is 4.44. The van der Waals surface area contributed by atoms with Crippen molar-refractivity contribution in [3.63, 3.8) is 0 Å². The van der Waals surface area contributed by atoms with Crippen LogP contribution in [0.5, 0.6) is 0 Å². The van der Waals surface area contributed by atoms with E-state index in [-0.39, 0.29) is 5.91 Å². The summed E-state index contributed by atoms with van der Waals surface area (Å²) in [5, 5.41) is 1.07. The average Bonchev–Trinajstić information content (AvgIpc) is 3.04. The van der Waals surface area contributed by atoms with Gasteiger partial charge in [-0.15, -0.1) is 5.06 Å². The van der Waals surface area contributed by atoms with E-state index in [4.69, 9.17) is 4.84 Å². The molecule has 0 saturated heterocycles. The number of hydrogen-bond acceptors (Lipinski definition) is 3. The van der Waals surface area contributed by atoms with E-state index in [9.17, 15) is 9.59 Å². The number of amides is 1. The first kappa shape index (κ1) is 16.1. The summed E-state index contributed by atoms with van der Waals surface area (Å²) >= 11 is 0. The Bertz CT molecular complexity index is 995. The Balaban J connectivity index is 1.72. The highest BCUT2D eigenvalue weighted by atomic mass is 16.7. The Labute approximate surface area is 151 Å². The molecular weight excluding hydrogens is 326 g/mol. The maximum atomic E-state index is 12.8. The zero-order valence-electron chi connectivity index (χ0n) is 14.3. The van der Waals surface area contributed by atoms with Crippen molar-refractivity contribution in [2.45, 2.75) is 13.3 Å². The molecule has 0 saturated carbocycles. The van der Waals surface area contributed by atoms with Crippen LogP contribution >= 0.6 is 0 Å². The van der Waals surface area contributed by atoms with Crippen LogP contribution in [-0.4, -0.2) is 11.9 Å². The molecule has 128 valence electrons. The standard InChI is InChI=1S/C22H17NO3/c1-15(24)26-23(22(25)16-7-3-2-4-8-16)19-11-12-21-18(14-19)13-17-9-5-6-10-20(17)21/h2-12,14H,13H2,1H3. The molecule has 4 rings (SSSR count). The van der Waals surface area contributed by atoms with E-state index < -0.39 is 5.97 Å². The minimum atomic E-state index is -0.543. The van der Waals surface area contributed by atoms with E-state index in [0.29, 0.717) is 11.3 Å². The van der Waals surface area contributed by atoms with E-state index in [2.05, 4.69) is 12.1 Å². The van der Waals surface area contributed by atoms with E-state index in [0.717, 1.165) is 22.6 Å². The first-order valence-corrected chi connectivity index (χ1v) is 8.43. The van der Waals surface area contributed by atoms with Crippen molar-refractivity contribution < 1.29 is 14.4 Å². The summed E-state index contributed by atoms with van der Waals surface area (Å²) < 4.78 is 0. The molecule has 0 aromatic heterocycles. The molecule has 0 N–H and O–H groups in total. The summed E-state index contributed by atoms with van der Waals surface area (Å²) in [4.78, 5) is 29.6. The van der Waals surface area contributed by atoms with Gasteiger partial charge in [0.05, 0.1) is 5.69 Å². The molecule has 1 aliphatic carbocycles. The van der Waals surface area contributed by atoms with Gasteiger partial charge in [0, 0.05) is 12.5 Å². The highest BCUT2D eigenvalue weighted by molar-refractivity contribution is 6.05. The van der Waals surface area contributed by atoms with Crippen molar-refractivity contribution in [1.29, 1.82) is 0 Å². The van der Waals surface area contributed by atoms with Gasteiger partial charge < -0.3 is 4.84 Å². The van der Waals surface area contributed by atoms with Crippen molar-refractivity contribution in [2.24, 2.45) is 0 Å². The minimum Gasteiger partial charge on any atom is -0.333 e. The van der Waals surface area contributed by atoms with Crippen molar-refractivity contribution in [2.75, 3.05) is 5.06 Å². The molecule has 26 heavy (non-hydrogen) atoms. The summed E-state index contributed by atoms with van der Waals surface area (Å²) in [6.45, 7) is 1.29. The number of hydrogen-bond donors (Lipinski definition) is 0. The molecule has 0 bridgehead atoms. The van der Waals surface area contributed by atoms with Crippen LogP contribution in [0.15, 0.2) is 72.8 Å². The Morgan fingerprint density at radius 3 is 2.31 bits per heavy atom. The van der Waals surface area contributed by atoms with Crippen LogP contribution in [0.25, 0.3) is 11.1 Å². The molecule has 1 aliphatic rings. The third kappa shape index (κ3) is 2.86. The first-order chi connectivity index (χ1) is 12.6. The van der Waals surface area contributed by atoms with E-state index in [1.165, 1.54) is 18.1 Å². The third-order valence-corrected chi connectivity index (χ3v) is 4.44. The number of carbonyl (C=O) groups is 2. The molecule has 3 aromatic carbocycles. The lowest BCUT2D eigenvalue weighted by atomic mass is 10.1. The van der Waals surface area contributed by atoms with Gasteiger partial charge in [-0.3, -0.25) is 4.79 Å². The zero-order valence-corrected chi connectivity index (χ0v) is 14.3. The summed E-state index contributed by atoms with van der Waals surface area (Å²) in [7, 11) is 0. The fourth-order valence-electron chi connectivity index (χ4n) is 3.30. The van der Waals surface area contributed by atoms with Crippen LogP contribution in [0.2, 0.25) is 0 Å². The molecule has 0 spiro atoms. The normalized spacial score (nSPS) is 11.4. The van der Waals surface area contributed by atoms with Crippen molar-refractivity contribution in [3.8, 4) is 11.1 Å². The van der Waals surface area contributed by atoms with Gasteiger partial charge in [0.15, 0.2) is 0 Å². The highest BCUT2D eigenvalue weighted by Gasteiger charge is 2.24. The summed E-state index contributed by atoms with van der Waals surface area (Å²) in [5.74, 6) is -0.922. The number of nitrogens with zero attached hydrogens (tertiary/aromatic N) is 1. The maximum Gasteiger partial charge on any atom is 0.330 e. The topological polar surface area (TPSA) is 46.6 Å². The van der Waals surface area contributed by atoms with Crippen LogP contribution < -0.4 is 5.06 Å². The molecule has 4 heteroatoms. The van der Waals surface area contributed by atoms with Gasteiger partial charge in [-0.05, 0) is 52.9 Å². The van der Waals surface area contributed by atoms with E-state index in [1.807, 2.05) is 36.4 Å². The Hall–Kier alpha value is -3.40. The lowest BCUT2D eigenvalue weighted by Gasteiger charge is -2.21. The molecule has 0 atom stereocenters. The highest BCUT2D eigenvalue weighted by Crippen LogP contribution is 2.38. The molecule has 1 amide bonds. The number of benzene rings is 3. The monoisotopic (exact) mass is 343 g/mol. The van der Waals surface area contributed by atoms with E-state index in [1.54, 1.807) is 24.3 Å². The van der Waals surface area contributed by atoms with Crippen LogP contribution in [0.4, 0.5) is 5.69 Å². The Kier molecular flexibility index (Phi) is 4.01. The number of anilines is 1. The lowest BCUT2D eigenvalue weighted by molar-refractivity contribution is -0.141. The average molecular weight is 343 g/mol. The van der Waals surface area contributed by atoms with Gasteiger partial charge in [0.2, 0.25) is 0 Å². The van der Waals surface area contributed by atoms with Crippen LogP contribution in [-0.2, 0) is 16.1 Å². The van der Waals surface area contributed by atoms with Crippen molar-refractivity contribution in [1.82, 2.24) is 0 Å². The van der Waals surface area contributed by atoms with Crippen LogP contribution in [0.1, 0.15) is 28.4 Å². The lowest BCUT2D eigenvalue weighted by Crippen LogP contribution is -2.33. The van der Waals surface area contributed by atoms with Gasteiger partial charge in [0.1, 0.15) is 0 Å². The number of carbonyl (C=O) groups excluding carboxylic acids is 2. The van der Waals surface area contributed by atoms with E-state index >= 15 is 0 Å². The smallest absolute Gasteiger partial charge is 0.330 e. The predicted molar refractivity (Wildman–Crippen MR) is 99.7 cm³/mol. The number of rotatable bonds is 2. The second kappa shape index (κ2) is 6.48. The van der Waals surface area contributed by atoms with Crippen molar-refractivity contribution in [3.05, 3.63) is 89.5 Å². The predicted octanol–water partition coefficient (Wildman–Crippen LogP) is 4.38. The van der Waals surface area contributed by atoms with Gasteiger partial charge in [0.25, 0.3) is 5.91 Å². The molecule has 0 fully saturated rings. The Morgan fingerprint density at radius 2 is 1.54 bits per heavy atom. The summed E-state index contributed by atoms with van der Waals surface area (Å²) in [5.41, 5.74) is 5.73.